The molecule has 0 aliphatic carbocycles. The molecule has 0 heterocycles. The molecule has 0 spiro atoms. The molecule has 0 aliphatic heterocycles. The molecule has 0 aromatic heterocycles. The summed E-state index contributed by atoms with van der Waals surface area (Å²) in [5.41, 5.74) is 0. The molecule has 0 saturated heterocycles. The van der Waals surface area contributed by atoms with Crippen LogP contribution in [0.25, 0.3) is 0 Å². The van der Waals surface area contributed by atoms with Crippen molar-refractivity contribution in [2.45, 2.75) is 0 Å². The van der Waals surface area contributed by atoms with Crippen molar-refractivity contribution >= 4 is 68.7 Å². The Morgan fingerprint density at radius 3 is 0.625 bits per heavy atom. The van der Waals surface area contributed by atoms with Crippen molar-refractivity contribution in [3.05, 3.63) is 0 Å². The molecule has 3 nitrogen and oxygen atoms in total. The second-order valence-corrected chi connectivity index (χ2v) is 0. The number of hydrogen-bond acceptors (Lipinski definition) is 3. The quantitative estimate of drug-likeness (QED) is 0.338. The third-order valence-corrected chi connectivity index (χ3v) is 0. The summed E-state index contributed by atoms with van der Waals surface area (Å²) in [5.74, 6) is 0. The molecule has 0 saturated carbocycles. The summed E-state index contributed by atoms with van der Waals surface area (Å²) in [6.45, 7) is 0. The molecular formula is C3H10AlKO3. The minimum atomic E-state index is 0. The molecule has 0 aromatic carbocycles. The van der Waals surface area contributed by atoms with Crippen molar-refractivity contribution in [2.24, 2.45) is 0 Å². The SMILES string of the molecule is C[O-].C[O-].C[O-].[Al+3].[KH]. The van der Waals surface area contributed by atoms with E-state index in [4.69, 9.17) is 15.3 Å². The molecule has 0 radical (unpaired) electrons. The molecule has 0 amide bonds. The molecule has 44 valence electrons. The van der Waals surface area contributed by atoms with Crippen LogP contribution in [0, 0.1) is 0 Å². The van der Waals surface area contributed by atoms with Gasteiger partial charge in [-0.3, -0.25) is 0 Å². The van der Waals surface area contributed by atoms with E-state index in [0.717, 1.165) is 21.3 Å². The number of hydrogen-bond donors (Lipinski definition) is 0. The van der Waals surface area contributed by atoms with Crippen molar-refractivity contribution in [2.75, 3.05) is 21.3 Å². The van der Waals surface area contributed by atoms with E-state index in [1.54, 1.807) is 0 Å². The normalized spacial score (nSPS) is 2.25. The van der Waals surface area contributed by atoms with E-state index in [1.165, 1.54) is 0 Å². The predicted molar refractivity (Wildman–Crippen MR) is 30.7 cm³/mol. The van der Waals surface area contributed by atoms with Gasteiger partial charge in [-0.1, -0.05) is 0 Å². The van der Waals surface area contributed by atoms with Gasteiger partial charge in [0.05, 0.1) is 0 Å². The molecule has 0 aliphatic rings. The fourth-order valence-corrected chi connectivity index (χ4v) is 0. The molecule has 8 heavy (non-hydrogen) atoms. The van der Waals surface area contributed by atoms with Gasteiger partial charge in [-0.05, 0) is 0 Å². The van der Waals surface area contributed by atoms with Crippen LogP contribution in [0.1, 0.15) is 0 Å². The van der Waals surface area contributed by atoms with Gasteiger partial charge in [0.25, 0.3) is 0 Å². The van der Waals surface area contributed by atoms with Crippen molar-refractivity contribution < 1.29 is 15.3 Å². The summed E-state index contributed by atoms with van der Waals surface area (Å²) >= 11 is 0. The van der Waals surface area contributed by atoms with Crippen LogP contribution in [0.15, 0.2) is 0 Å². The first-order chi connectivity index (χ1) is 3.00. The Kier molecular flexibility index (Phi) is 563. The first kappa shape index (κ1) is 32.3. The van der Waals surface area contributed by atoms with Crippen LogP contribution in [0.2, 0.25) is 0 Å². The van der Waals surface area contributed by atoms with Gasteiger partial charge in [0.1, 0.15) is 0 Å². The fourth-order valence-electron chi connectivity index (χ4n) is 0. The van der Waals surface area contributed by atoms with Crippen LogP contribution < -0.4 is 15.3 Å². The first-order valence-corrected chi connectivity index (χ1v) is 1.22. The van der Waals surface area contributed by atoms with Gasteiger partial charge in [0.15, 0.2) is 0 Å². The number of rotatable bonds is 0. The van der Waals surface area contributed by atoms with Gasteiger partial charge >= 0.3 is 68.7 Å². The molecule has 0 N–H and O–H groups in total. The Morgan fingerprint density at radius 1 is 0.625 bits per heavy atom. The summed E-state index contributed by atoms with van der Waals surface area (Å²) in [7, 11) is 2.25. The molecular weight excluding hydrogens is 150 g/mol. The second kappa shape index (κ2) is 140. The van der Waals surface area contributed by atoms with E-state index >= 15 is 0 Å². The maximum atomic E-state index is 8.25. The minimum absolute atomic E-state index is 0. The Morgan fingerprint density at radius 2 is 0.625 bits per heavy atom. The third-order valence-electron chi connectivity index (χ3n) is 0. The van der Waals surface area contributed by atoms with Crippen LogP contribution in [-0.4, -0.2) is 90.1 Å². The molecule has 0 bridgehead atoms. The van der Waals surface area contributed by atoms with Crippen molar-refractivity contribution in [1.29, 1.82) is 0 Å². The Balaban J connectivity index is -0.00000000500. The fraction of sp³-hybridized carbons (Fsp3) is 1.00. The Labute approximate surface area is 104 Å². The second-order valence-electron chi connectivity index (χ2n) is 0. The molecule has 0 atom stereocenters. The van der Waals surface area contributed by atoms with Crippen molar-refractivity contribution in [3.63, 3.8) is 0 Å². The summed E-state index contributed by atoms with van der Waals surface area (Å²) in [5, 5.41) is 24.8. The van der Waals surface area contributed by atoms with Gasteiger partial charge in [-0.15, -0.1) is 0 Å². The standard InChI is InChI=1S/3CH3O.Al.K.H/c3*1-2;;;/h3*1H3;;;/q3*-1;+3;;. The van der Waals surface area contributed by atoms with E-state index in [-0.39, 0.29) is 68.7 Å². The average molecular weight is 160 g/mol. The maximum absolute atomic E-state index is 8.25. The van der Waals surface area contributed by atoms with E-state index in [0.29, 0.717) is 0 Å². The topological polar surface area (TPSA) is 69.2 Å². The van der Waals surface area contributed by atoms with Crippen LogP contribution in [0.4, 0.5) is 0 Å². The van der Waals surface area contributed by atoms with Crippen molar-refractivity contribution in [3.8, 4) is 0 Å². The van der Waals surface area contributed by atoms with E-state index in [9.17, 15) is 0 Å². The zero-order valence-electron chi connectivity index (χ0n) is 4.80. The third kappa shape index (κ3) is 95.3. The summed E-state index contributed by atoms with van der Waals surface area (Å²) in [4.78, 5) is 0. The summed E-state index contributed by atoms with van der Waals surface area (Å²) in [6.07, 6.45) is 0. The van der Waals surface area contributed by atoms with E-state index in [1.807, 2.05) is 0 Å². The zero-order chi connectivity index (χ0) is 6.00. The van der Waals surface area contributed by atoms with E-state index in [2.05, 4.69) is 0 Å². The zero-order valence-corrected chi connectivity index (χ0v) is 5.96. The Bertz CT molecular complexity index is 14.5. The van der Waals surface area contributed by atoms with Gasteiger partial charge in [0, 0.05) is 0 Å². The summed E-state index contributed by atoms with van der Waals surface area (Å²) < 4.78 is 0. The van der Waals surface area contributed by atoms with Crippen LogP contribution in [0.5, 0.6) is 0 Å². The molecule has 5 heteroatoms. The molecule has 0 aromatic rings. The predicted octanol–water partition coefficient (Wildman–Crippen LogP) is -4.10. The Hall–Kier alpha value is 2.05. The van der Waals surface area contributed by atoms with Gasteiger partial charge in [-0.2, -0.15) is 21.3 Å². The van der Waals surface area contributed by atoms with Gasteiger partial charge in [-0.25, -0.2) is 0 Å². The monoisotopic (exact) mass is 160 g/mol. The van der Waals surface area contributed by atoms with Crippen LogP contribution in [0.3, 0.4) is 0 Å². The molecule has 0 rings (SSSR count). The van der Waals surface area contributed by atoms with Crippen LogP contribution >= 0.6 is 0 Å². The summed E-state index contributed by atoms with van der Waals surface area (Å²) in [6, 6.07) is 0. The molecule has 0 unspecified atom stereocenters. The van der Waals surface area contributed by atoms with Crippen LogP contribution in [-0.2, 0) is 0 Å². The molecule has 0 fully saturated rings. The van der Waals surface area contributed by atoms with Gasteiger partial charge in [0.2, 0.25) is 0 Å². The van der Waals surface area contributed by atoms with Gasteiger partial charge < -0.3 is 15.3 Å². The van der Waals surface area contributed by atoms with Crippen molar-refractivity contribution in [1.82, 2.24) is 0 Å². The first-order valence-electron chi connectivity index (χ1n) is 1.22. The van der Waals surface area contributed by atoms with E-state index < -0.39 is 0 Å². The average Bonchev–Trinajstić information content (AvgIpc) is 1.81.